The zero-order valence-corrected chi connectivity index (χ0v) is 13.0. The van der Waals surface area contributed by atoms with Crippen LogP contribution in [0.15, 0.2) is 36.5 Å². The van der Waals surface area contributed by atoms with Gasteiger partial charge in [0.2, 0.25) is 0 Å². The Hall–Kier alpha value is -2.23. The molecule has 1 amide bonds. The van der Waals surface area contributed by atoms with E-state index in [1.54, 1.807) is 0 Å². The number of carbonyl (C=O) groups is 1. The lowest BCUT2D eigenvalue weighted by Gasteiger charge is -2.26. The summed E-state index contributed by atoms with van der Waals surface area (Å²) in [5.41, 5.74) is 2.78. The van der Waals surface area contributed by atoms with Gasteiger partial charge in [-0.05, 0) is 55.5 Å². The molecule has 1 aliphatic rings. The van der Waals surface area contributed by atoms with Crippen molar-refractivity contribution in [2.24, 2.45) is 0 Å². The van der Waals surface area contributed by atoms with Crippen LogP contribution in [0.3, 0.4) is 0 Å². The van der Waals surface area contributed by atoms with Crippen LogP contribution in [0.25, 0.3) is 11.1 Å². The minimum Gasteiger partial charge on any atom is -0.494 e. The molecule has 1 aliphatic heterocycles. The lowest BCUT2D eigenvalue weighted by Crippen LogP contribution is -2.35. The molecule has 0 aliphatic carbocycles. The number of benzene rings is 1. The zero-order valence-electron chi connectivity index (χ0n) is 13.0. The highest BCUT2D eigenvalue weighted by molar-refractivity contribution is 5.94. The maximum atomic E-state index is 12.5. The van der Waals surface area contributed by atoms with Crippen LogP contribution in [-0.2, 0) is 0 Å². The van der Waals surface area contributed by atoms with Gasteiger partial charge in [0.15, 0.2) is 0 Å². The number of ether oxygens (including phenoxy) is 1. The molecule has 0 radical (unpaired) electrons. The molecule has 22 heavy (non-hydrogen) atoms. The maximum Gasteiger partial charge on any atom is 0.270 e. The molecule has 0 atom stereocenters. The van der Waals surface area contributed by atoms with Gasteiger partial charge in [0, 0.05) is 19.3 Å². The molecule has 3 rings (SSSR count). The Labute approximate surface area is 131 Å². The number of amides is 1. The Morgan fingerprint density at radius 2 is 1.86 bits per heavy atom. The molecule has 0 saturated carbocycles. The van der Waals surface area contributed by atoms with Gasteiger partial charge in [-0.25, -0.2) is 0 Å². The van der Waals surface area contributed by atoms with Crippen LogP contribution < -0.4 is 4.74 Å². The van der Waals surface area contributed by atoms with E-state index >= 15 is 0 Å². The van der Waals surface area contributed by atoms with Crippen LogP contribution in [0.5, 0.6) is 5.75 Å². The normalized spacial score (nSPS) is 14.9. The number of aromatic amines is 1. The Morgan fingerprint density at radius 1 is 1.14 bits per heavy atom. The first-order valence-electron chi connectivity index (χ1n) is 7.99. The van der Waals surface area contributed by atoms with Crippen LogP contribution in [0.1, 0.15) is 36.7 Å². The van der Waals surface area contributed by atoms with Crippen molar-refractivity contribution < 1.29 is 9.53 Å². The molecule has 0 bridgehead atoms. The molecular formula is C18H22N2O2. The van der Waals surface area contributed by atoms with Crippen molar-refractivity contribution in [1.82, 2.24) is 9.88 Å². The van der Waals surface area contributed by atoms with Gasteiger partial charge in [-0.1, -0.05) is 12.1 Å². The quantitative estimate of drug-likeness (QED) is 0.935. The molecule has 0 spiro atoms. The molecule has 4 heteroatoms. The number of piperidine rings is 1. The van der Waals surface area contributed by atoms with Crippen molar-refractivity contribution >= 4 is 5.91 Å². The summed E-state index contributed by atoms with van der Waals surface area (Å²) in [7, 11) is 0. The number of hydrogen-bond acceptors (Lipinski definition) is 2. The van der Waals surface area contributed by atoms with Gasteiger partial charge in [-0.2, -0.15) is 0 Å². The standard InChI is InChI=1S/C18H22N2O2/c1-2-22-16-8-6-14(7-9-16)15-12-17(19-13-15)18(21)20-10-4-3-5-11-20/h6-9,12-13,19H,2-5,10-11H2,1H3. The van der Waals surface area contributed by atoms with Gasteiger partial charge >= 0.3 is 0 Å². The Bertz CT molecular complexity index is 625. The van der Waals surface area contributed by atoms with Crippen molar-refractivity contribution in [3.63, 3.8) is 0 Å². The highest BCUT2D eigenvalue weighted by Gasteiger charge is 2.19. The number of rotatable bonds is 4. The van der Waals surface area contributed by atoms with E-state index < -0.39 is 0 Å². The number of carbonyl (C=O) groups excluding carboxylic acids is 1. The molecule has 1 aromatic carbocycles. The van der Waals surface area contributed by atoms with Crippen LogP contribution in [-0.4, -0.2) is 35.5 Å². The van der Waals surface area contributed by atoms with Gasteiger partial charge in [0.1, 0.15) is 11.4 Å². The molecule has 1 N–H and O–H groups in total. The fourth-order valence-electron chi connectivity index (χ4n) is 2.86. The lowest BCUT2D eigenvalue weighted by atomic mass is 10.1. The third-order valence-corrected chi connectivity index (χ3v) is 4.06. The summed E-state index contributed by atoms with van der Waals surface area (Å²) in [6.45, 7) is 4.38. The zero-order chi connectivity index (χ0) is 15.4. The number of nitrogens with one attached hydrogen (secondary N) is 1. The van der Waals surface area contributed by atoms with E-state index in [4.69, 9.17) is 4.74 Å². The first-order chi connectivity index (χ1) is 10.8. The Morgan fingerprint density at radius 3 is 2.55 bits per heavy atom. The van der Waals surface area contributed by atoms with Crippen LogP contribution >= 0.6 is 0 Å². The second kappa shape index (κ2) is 6.69. The molecular weight excluding hydrogens is 276 g/mol. The molecule has 2 heterocycles. The third kappa shape index (κ3) is 3.16. The van der Waals surface area contributed by atoms with E-state index in [2.05, 4.69) is 4.98 Å². The molecule has 0 unspecified atom stereocenters. The Kier molecular flexibility index (Phi) is 4.47. The number of aromatic nitrogens is 1. The highest BCUT2D eigenvalue weighted by atomic mass is 16.5. The number of hydrogen-bond donors (Lipinski definition) is 1. The minimum absolute atomic E-state index is 0.108. The summed E-state index contributed by atoms with van der Waals surface area (Å²) < 4.78 is 5.45. The van der Waals surface area contributed by atoms with Gasteiger partial charge in [0.05, 0.1) is 6.61 Å². The number of H-pyrrole nitrogens is 1. The predicted octanol–water partition coefficient (Wildman–Crippen LogP) is 3.71. The largest absolute Gasteiger partial charge is 0.494 e. The van der Waals surface area contributed by atoms with E-state index in [0.29, 0.717) is 12.3 Å². The summed E-state index contributed by atoms with van der Waals surface area (Å²) in [5.74, 6) is 0.975. The van der Waals surface area contributed by atoms with Gasteiger partial charge in [0.25, 0.3) is 5.91 Å². The van der Waals surface area contributed by atoms with E-state index in [1.807, 2.05) is 48.4 Å². The molecule has 1 aromatic heterocycles. The van der Waals surface area contributed by atoms with E-state index in [0.717, 1.165) is 42.8 Å². The smallest absolute Gasteiger partial charge is 0.270 e. The first kappa shape index (κ1) is 14.7. The summed E-state index contributed by atoms with van der Waals surface area (Å²) in [5, 5.41) is 0. The molecule has 1 fully saturated rings. The number of likely N-dealkylation sites (tertiary alicyclic amines) is 1. The molecule has 2 aromatic rings. The summed E-state index contributed by atoms with van der Waals surface area (Å²) in [6.07, 6.45) is 5.34. The van der Waals surface area contributed by atoms with Crippen LogP contribution in [0.2, 0.25) is 0 Å². The van der Waals surface area contributed by atoms with Crippen molar-refractivity contribution in [2.45, 2.75) is 26.2 Å². The van der Waals surface area contributed by atoms with E-state index in [9.17, 15) is 4.79 Å². The average molecular weight is 298 g/mol. The molecule has 4 nitrogen and oxygen atoms in total. The molecule has 1 saturated heterocycles. The summed E-state index contributed by atoms with van der Waals surface area (Å²) in [4.78, 5) is 17.5. The minimum atomic E-state index is 0.108. The maximum absolute atomic E-state index is 12.5. The second-order valence-electron chi connectivity index (χ2n) is 5.61. The van der Waals surface area contributed by atoms with Gasteiger partial charge < -0.3 is 14.6 Å². The van der Waals surface area contributed by atoms with Crippen LogP contribution in [0, 0.1) is 0 Å². The predicted molar refractivity (Wildman–Crippen MR) is 87.2 cm³/mol. The second-order valence-corrected chi connectivity index (χ2v) is 5.61. The first-order valence-corrected chi connectivity index (χ1v) is 7.99. The topological polar surface area (TPSA) is 45.3 Å². The third-order valence-electron chi connectivity index (χ3n) is 4.06. The summed E-state index contributed by atoms with van der Waals surface area (Å²) in [6, 6.07) is 9.88. The highest BCUT2D eigenvalue weighted by Crippen LogP contribution is 2.24. The SMILES string of the molecule is CCOc1ccc(-c2c[nH]c(C(=O)N3CCCCC3)c2)cc1. The van der Waals surface area contributed by atoms with E-state index in [1.165, 1.54) is 6.42 Å². The number of nitrogens with zero attached hydrogens (tertiary/aromatic N) is 1. The van der Waals surface area contributed by atoms with Gasteiger partial charge in [-0.3, -0.25) is 4.79 Å². The van der Waals surface area contributed by atoms with Crippen molar-refractivity contribution in [3.05, 3.63) is 42.2 Å². The van der Waals surface area contributed by atoms with Gasteiger partial charge in [-0.15, -0.1) is 0 Å². The van der Waals surface area contributed by atoms with Crippen LogP contribution in [0.4, 0.5) is 0 Å². The monoisotopic (exact) mass is 298 g/mol. The fourth-order valence-corrected chi connectivity index (χ4v) is 2.86. The summed E-state index contributed by atoms with van der Waals surface area (Å²) >= 11 is 0. The molecule has 116 valence electrons. The van der Waals surface area contributed by atoms with Crippen molar-refractivity contribution in [2.75, 3.05) is 19.7 Å². The average Bonchev–Trinajstić information content (AvgIpc) is 3.06. The fraction of sp³-hybridized carbons (Fsp3) is 0.389. The Balaban J connectivity index is 1.73. The van der Waals surface area contributed by atoms with E-state index in [-0.39, 0.29) is 5.91 Å². The van der Waals surface area contributed by atoms with Crippen molar-refractivity contribution in [3.8, 4) is 16.9 Å². The van der Waals surface area contributed by atoms with Crippen molar-refractivity contribution in [1.29, 1.82) is 0 Å². The lowest BCUT2D eigenvalue weighted by molar-refractivity contribution is 0.0719.